The number of benzene rings is 2. The lowest BCUT2D eigenvalue weighted by Gasteiger charge is -2.29. The monoisotopic (exact) mass is 407 g/mol. The molecule has 1 aliphatic heterocycles. The van der Waals surface area contributed by atoms with Crippen LogP contribution in [0.15, 0.2) is 42.5 Å². The van der Waals surface area contributed by atoms with Crippen LogP contribution < -0.4 is 10.6 Å². The maximum atomic E-state index is 12.6. The van der Waals surface area contributed by atoms with Crippen LogP contribution in [0.5, 0.6) is 0 Å². The molecule has 0 spiro atoms. The number of carbonyl (C=O) groups is 4. The highest BCUT2D eigenvalue weighted by molar-refractivity contribution is 6.22. The molecule has 7 heteroatoms. The van der Waals surface area contributed by atoms with Gasteiger partial charge in [0.1, 0.15) is 0 Å². The molecular weight excluding hydrogens is 382 g/mol. The van der Waals surface area contributed by atoms with Gasteiger partial charge in [-0.1, -0.05) is 17.7 Å². The highest BCUT2D eigenvalue weighted by Crippen LogP contribution is 2.29. The molecule has 0 unspecified atom stereocenters. The van der Waals surface area contributed by atoms with Crippen LogP contribution in [0.4, 0.5) is 0 Å². The first-order chi connectivity index (χ1) is 14.1. The molecule has 0 bridgehead atoms. The van der Waals surface area contributed by atoms with Crippen LogP contribution in [0, 0.1) is 6.92 Å². The van der Waals surface area contributed by atoms with Gasteiger partial charge in [0.05, 0.1) is 11.1 Å². The molecule has 0 aliphatic carbocycles. The van der Waals surface area contributed by atoms with Crippen molar-refractivity contribution in [3.63, 3.8) is 0 Å². The molecule has 1 aliphatic rings. The summed E-state index contributed by atoms with van der Waals surface area (Å²) < 4.78 is 0. The number of rotatable bonds is 5. The normalized spacial score (nSPS) is 13.3. The highest BCUT2D eigenvalue weighted by Gasteiger charge is 2.42. The van der Waals surface area contributed by atoms with Crippen molar-refractivity contribution in [2.24, 2.45) is 0 Å². The predicted molar refractivity (Wildman–Crippen MR) is 113 cm³/mol. The Balaban J connectivity index is 1.59. The Morgan fingerprint density at radius 2 is 1.40 bits per heavy atom. The summed E-state index contributed by atoms with van der Waals surface area (Å²) >= 11 is 0. The molecule has 30 heavy (non-hydrogen) atoms. The van der Waals surface area contributed by atoms with Crippen molar-refractivity contribution < 1.29 is 19.2 Å². The molecule has 0 saturated heterocycles. The highest BCUT2D eigenvalue weighted by atomic mass is 16.2. The third kappa shape index (κ3) is 4.25. The van der Waals surface area contributed by atoms with E-state index >= 15 is 0 Å². The van der Waals surface area contributed by atoms with Crippen molar-refractivity contribution in [1.82, 2.24) is 15.5 Å². The van der Waals surface area contributed by atoms with Crippen LogP contribution in [0.25, 0.3) is 0 Å². The van der Waals surface area contributed by atoms with Crippen LogP contribution in [-0.2, 0) is 0 Å². The fourth-order valence-corrected chi connectivity index (χ4v) is 3.33. The van der Waals surface area contributed by atoms with Crippen molar-refractivity contribution >= 4 is 23.6 Å². The van der Waals surface area contributed by atoms with E-state index in [1.54, 1.807) is 32.9 Å². The topological polar surface area (TPSA) is 95.6 Å². The molecule has 4 amide bonds. The second-order valence-electron chi connectivity index (χ2n) is 8.26. The van der Waals surface area contributed by atoms with Gasteiger partial charge in [-0.3, -0.25) is 24.1 Å². The van der Waals surface area contributed by atoms with E-state index in [2.05, 4.69) is 10.6 Å². The number of carbonyl (C=O) groups excluding carboxylic acids is 4. The number of hydrogen-bond acceptors (Lipinski definition) is 4. The number of fused-ring (bicyclic) bond motifs is 1. The maximum Gasteiger partial charge on any atom is 0.262 e. The van der Waals surface area contributed by atoms with E-state index in [1.165, 1.54) is 23.1 Å². The lowest BCUT2D eigenvalue weighted by atomic mass is 10.1. The first kappa shape index (κ1) is 21.2. The molecule has 0 radical (unpaired) electrons. The van der Waals surface area contributed by atoms with E-state index in [9.17, 15) is 19.2 Å². The first-order valence-electron chi connectivity index (χ1n) is 9.75. The molecule has 0 fully saturated rings. The summed E-state index contributed by atoms with van der Waals surface area (Å²) in [7, 11) is 0. The van der Waals surface area contributed by atoms with Gasteiger partial charge >= 0.3 is 0 Å². The second-order valence-corrected chi connectivity index (χ2v) is 8.26. The van der Waals surface area contributed by atoms with Gasteiger partial charge in [0, 0.05) is 29.8 Å². The Kier molecular flexibility index (Phi) is 5.73. The minimum absolute atomic E-state index is 0.211. The van der Waals surface area contributed by atoms with Gasteiger partial charge in [-0.15, -0.1) is 0 Å². The van der Waals surface area contributed by atoms with Gasteiger partial charge in [-0.25, -0.2) is 0 Å². The molecular formula is C23H25N3O4. The standard InChI is InChI=1S/C23H25N3O4/c1-14-6-5-7-15(12-14)19(27)24-10-11-25-20(28)16-8-9-17-18(13-16)22(30)26(21(17)29)23(2,3)4/h5-9,12-13H,10-11H2,1-4H3,(H,24,27)(H,25,28). The van der Waals surface area contributed by atoms with Crippen molar-refractivity contribution in [2.75, 3.05) is 13.1 Å². The predicted octanol–water partition coefficient (Wildman–Crippen LogP) is 2.55. The van der Waals surface area contributed by atoms with E-state index in [1.807, 2.05) is 19.1 Å². The summed E-state index contributed by atoms with van der Waals surface area (Å²) in [6.45, 7) is 7.76. The molecule has 2 aromatic rings. The lowest BCUT2D eigenvalue weighted by molar-refractivity contribution is 0.0507. The number of hydrogen-bond donors (Lipinski definition) is 2. The van der Waals surface area contributed by atoms with Crippen molar-refractivity contribution in [1.29, 1.82) is 0 Å². The zero-order chi connectivity index (χ0) is 22.1. The molecule has 3 rings (SSSR count). The zero-order valence-electron chi connectivity index (χ0n) is 17.5. The number of aryl methyl sites for hydroxylation is 1. The number of nitrogens with one attached hydrogen (secondary N) is 2. The summed E-state index contributed by atoms with van der Waals surface area (Å²) in [6.07, 6.45) is 0. The van der Waals surface area contributed by atoms with Crippen LogP contribution in [-0.4, -0.2) is 47.2 Å². The van der Waals surface area contributed by atoms with Gasteiger partial charge in [0.25, 0.3) is 23.6 Å². The third-order valence-electron chi connectivity index (χ3n) is 4.80. The number of amides is 4. The van der Waals surface area contributed by atoms with E-state index in [0.29, 0.717) is 11.1 Å². The van der Waals surface area contributed by atoms with Gasteiger partial charge in [-0.05, 0) is 58.0 Å². The van der Waals surface area contributed by atoms with E-state index in [-0.39, 0.29) is 41.9 Å². The zero-order valence-corrected chi connectivity index (χ0v) is 17.5. The average molecular weight is 407 g/mol. The molecule has 0 saturated carbocycles. The van der Waals surface area contributed by atoms with E-state index < -0.39 is 11.4 Å². The van der Waals surface area contributed by atoms with Gasteiger partial charge in [0.15, 0.2) is 0 Å². The van der Waals surface area contributed by atoms with E-state index in [4.69, 9.17) is 0 Å². The molecule has 2 N–H and O–H groups in total. The van der Waals surface area contributed by atoms with Crippen LogP contribution in [0.3, 0.4) is 0 Å². The minimum atomic E-state index is -0.648. The van der Waals surface area contributed by atoms with Crippen molar-refractivity contribution in [3.8, 4) is 0 Å². The van der Waals surface area contributed by atoms with Crippen LogP contribution in [0.1, 0.15) is 67.8 Å². The first-order valence-corrected chi connectivity index (χ1v) is 9.75. The largest absolute Gasteiger partial charge is 0.350 e. The molecule has 156 valence electrons. The summed E-state index contributed by atoms with van der Waals surface area (Å²) in [5.41, 5.74) is 1.73. The van der Waals surface area contributed by atoms with Gasteiger partial charge in [0.2, 0.25) is 0 Å². The second kappa shape index (κ2) is 8.10. The fraction of sp³-hybridized carbons (Fsp3) is 0.304. The van der Waals surface area contributed by atoms with E-state index in [0.717, 1.165) is 5.56 Å². The maximum absolute atomic E-state index is 12.6. The molecule has 0 aromatic heterocycles. The van der Waals surface area contributed by atoms with Crippen molar-refractivity contribution in [3.05, 3.63) is 70.3 Å². The van der Waals surface area contributed by atoms with Crippen molar-refractivity contribution in [2.45, 2.75) is 33.2 Å². The summed E-state index contributed by atoms with van der Waals surface area (Å²) in [5, 5.41) is 5.46. The minimum Gasteiger partial charge on any atom is -0.350 e. The lowest BCUT2D eigenvalue weighted by Crippen LogP contribution is -2.45. The Morgan fingerprint density at radius 1 is 0.833 bits per heavy atom. The summed E-state index contributed by atoms with van der Waals surface area (Å²) in [4.78, 5) is 50.9. The molecule has 2 aromatic carbocycles. The molecule has 7 nitrogen and oxygen atoms in total. The van der Waals surface area contributed by atoms with Crippen LogP contribution >= 0.6 is 0 Å². The Hall–Kier alpha value is -3.48. The fourth-order valence-electron chi connectivity index (χ4n) is 3.33. The smallest absolute Gasteiger partial charge is 0.262 e. The Bertz CT molecular complexity index is 1040. The third-order valence-corrected chi connectivity index (χ3v) is 4.80. The Labute approximate surface area is 175 Å². The van der Waals surface area contributed by atoms with Gasteiger partial charge < -0.3 is 10.6 Å². The van der Waals surface area contributed by atoms with Crippen LogP contribution in [0.2, 0.25) is 0 Å². The SMILES string of the molecule is Cc1cccc(C(=O)NCCNC(=O)c2ccc3c(c2)C(=O)N(C(C)(C)C)C3=O)c1. The average Bonchev–Trinajstić information content (AvgIpc) is 2.94. The van der Waals surface area contributed by atoms with Gasteiger partial charge in [-0.2, -0.15) is 0 Å². The number of imide groups is 1. The molecule has 0 atom stereocenters. The summed E-state index contributed by atoms with van der Waals surface area (Å²) in [6, 6.07) is 11.7. The quantitative estimate of drug-likeness (QED) is 0.588. The Morgan fingerprint density at radius 3 is 1.97 bits per heavy atom. The number of nitrogens with zero attached hydrogens (tertiary/aromatic N) is 1. The summed E-state index contributed by atoms with van der Waals surface area (Å²) in [5.74, 6) is -1.34. The molecule has 1 heterocycles.